The van der Waals surface area contributed by atoms with Crippen molar-refractivity contribution in [2.75, 3.05) is 26.7 Å². The van der Waals surface area contributed by atoms with Crippen LogP contribution in [0.1, 0.15) is 19.8 Å². The van der Waals surface area contributed by atoms with Crippen LogP contribution in [0, 0.1) is 0 Å². The van der Waals surface area contributed by atoms with E-state index in [2.05, 4.69) is 15.4 Å². The number of hydrogen-bond acceptors (Lipinski definition) is 4. The molecule has 1 aliphatic rings. The van der Waals surface area contributed by atoms with Gasteiger partial charge in [-0.3, -0.25) is 9.59 Å². The highest BCUT2D eigenvalue weighted by molar-refractivity contribution is 5.82. The van der Waals surface area contributed by atoms with Crippen molar-refractivity contribution in [3.8, 4) is 0 Å². The number of hydrogen-bond donors (Lipinski definition) is 2. The van der Waals surface area contributed by atoms with Gasteiger partial charge in [-0.15, -0.1) is 0 Å². The second-order valence-corrected chi connectivity index (χ2v) is 4.17. The van der Waals surface area contributed by atoms with Crippen molar-refractivity contribution < 1.29 is 19.1 Å². The lowest BCUT2D eigenvalue weighted by molar-refractivity contribution is -0.131. The summed E-state index contributed by atoms with van der Waals surface area (Å²) in [7, 11) is 1.25. The maximum atomic E-state index is 11.9. The molecule has 1 saturated heterocycles. The van der Waals surface area contributed by atoms with Crippen LogP contribution in [0.5, 0.6) is 0 Å². The van der Waals surface area contributed by atoms with Gasteiger partial charge in [0.2, 0.25) is 11.8 Å². The predicted octanol–water partition coefficient (Wildman–Crippen LogP) is -0.530. The van der Waals surface area contributed by atoms with Gasteiger partial charge in [0.15, 0.2) is 0 Å². The first kappa shape index (κ1) is 14.3. The number of amides is 3. The van der Waals surface area contributed by atoms with Crippen LogP contribution in [0.2, 0.25) is 0 Å². The maximum absolute atomic E-state index is 11.9. The fourth-order valence-electron chi connectivity index (χ4n) is 1.96. The molecule has 1 heterocycles. The Hall–Kier alpha value is -1.79. The highest BCUT2D eigenvalue weighted by Crippen LogP contribution is 2.16. The number of nitrogens with one attached hydrogen (secondary N) is 2. The fraction of sp³-hybridized carbons (Fsp3) is 0.727. The maximum Gasteiger partial charge on any atom is 0.407 e. The number of nitrogens with zero attached hydrogens (tertiary/aromatic N) is 1. The van der Waals surface area contributed by atoms with Crippen LogP contribution in [0.4, 0.5) is 4.79 Å². The molecule has 3 amide bonds. The molecule has 0 bridgehead atoms. The molecular formula is C11H19N3O4. The molecule has 0 aromatic heterocycles. The average molecular weight is 257 g/mol. The first-order valence-electron chi connectivity index (χ1n) is 5.90. The quantitative estimate of drug-likeness (QED) is 0.708. The van der Waals surface area contributed by atoms with Crippen LogP contribution in [-0.4, -0.2) is 55.6 Å². The van der Waals surface area contributed by atoms with Gasteiger partial charge < -0.3 is 20.3 Å². The predicted molar refractivity (Wildman–Crippen MR) is 63.8 cm³/mol. The Balaban J connectivity index is 2.40. The number of rotatable bonds is 4. The van der Waals surface area contributed by atoms with Crippen molar-refractivity contribution in [1.82, 2.24) is 15.5 Å². The highest BCUT2D eigenvalue weighted by atomic mass is 16.5. The van der Waals surface area contributed by atoms with E-state index in [0.29, 0.717) is 13.1 Å². The first-order valence-corrected chi connectivity index (χ1v) is 5.90. The van der Waals surface area contributed by atoms with Gasteiger partial charge in [0.25, 0.3) is 0 Å². The van der Waals surface area contributed by atoms with Crippen molar-refractivity contribution in [1.29, 1.82) is 0 Å². The lowest BCUT2D eigenvalue weighted by Crippen LogP contribution is -2.46. The Kier molecular flexibility index (Phi) is 5.41. The van der Waals surface area contributed by atoms with Crippen molar-refractivity contribution in [2.24, 2.45) is 0 Å². The summed E-state index contributed by atoms with van der Waals surface area (Å²) in [5, 5.41) is 5.06. The summed E-state index contributed by atoms with van der Waals surface area (Å²) in [6.45, 7) is 2.48. The van der Waals surface area contributed by atoms with Gasteiger partial charge in [0.05, 0.1) is 7.11 Å². The van der Waals surface area contributed by atoms with Crippen molar-refractivity contribution in [2.45, 2.75) is 25.8 Å². The zero-order chi connectivity index (χ0) is 13.5. The molecule has 1 aliphatic heterocycles. The van der Waals surface area contributed by atoms with E-state index in [9.17, 15) is 14.4 Å². The van der Waals surface area contributed by atoms with Gasteiger partial charge in [-0.1, -0.05) is 0 Å². The Morgan fingerprint density at radius 1 is 1.33 bits per heavy atom. The number of ether oxygens (including phenoxy) is 1. The lowest BCUT2D eigenvalue weighted by atomic mass is 10.2. The number of methoxy groups -OCH3 is 1. The van der Waals surface area contributed by atoms with E-state index in [0.717, 1.165) is 12.8 Å². The smallest absolute Gasteiger partial charge is 0.407 e. The summed E-state index contributed by atoms with van der Waals surface area (Å²) in [5.74, 6) is -0.268. The monoisotopic (exact) mass is 257 g/mol. The third-order valence-electron chi connectivity index (χ3n) is 2.85. The number of alkyl carbamates (subject to hydrolysis) is 1. The summed E-state index contributed by atoms with van der Waals surface area (Å²) in [6, 6.07) is 0.0147. The van der Waals surface area contributed by atoms with Crippen LogP contribution in [0.3, 0.4) is 0 Å². The summed E-state index contributed by atoms with van der Waals surface area (Å²) in [4.78, 5) is 35.3. The zero-order valence-corrected chi connectivity index (χ0v) is 10.7. The minimum absolute atomic E-state index is 0.0147. The van der Waals surface area contributed by atoms with Gasteiger partial charge in [0.1, 0.15) is 6.54 Å². The Morgan fingerprint density at radius 2 is 2.06 bits per heavy atom. The number of carbonyl (C=O) groups is 3. The van der Waals surface area contributed by atoms with Crippen LogP contribution in [0.15, 0.2) is 0 Å². The molecule has 0 aromatic rings. The molecule has 1 rings (SSSR count). The van der Waals surface area contributed by atoms with E-state index in [1.807, 2.05) is 0 Å². The van der Waals surface area contributed by atoms with Crippen LogP contribution in [-0.2, 0) is 14.3 Å². The molecule has 7 nitrogen and oxygen atoms in total. The van der Waals surface area contributed by atoms with Gasteiger partial charge in [-0.2, -0.15) is 0 Å². The van der Waals surface area contributed by atoms with Gasteiger partial charge in [-0.05, 0) is 12.8 Å². The molecule has 102 valence electrons. The van der Waals surface area contributed by atoms with Crippen molar-refractivity contribution >= 4 is 17.9 Å². The number of carbonyl (C=O) groups excluding carboxylic acids is 3. The Bertz CT molecular complexity index is 332. The third kappa shape index (κ3) is 4.23. The van der Waals surface area contributed by atoms with Crippen LogP contribution < -0.4 is 10.6 Å². The van der Waals surface area contributed by atoms with Gasteiger partial charge >= 0.3 is 6.09 Å². The van der Waals surface area contributed by atoms with Crippen molar-refractivity contribution in [3.63, 3.8) is 0 Å². The fourth-order valence-corrected chi connectivity index (χ4v) is 1.96. The number of likely N-dealkylation sites (tertiary alicyclic amines) is 1. The molecule has 1 unspecified atom stereocenters. The Morgan fingerprint density at radius 3 is 2.67 bits per heavy atom. The second-order valence-electron chi connectivity index (χ2n) is 4.17. The highest BCUT2D eigenvalue weighted by Gasteiger charge is 2.28. The van der Waals surface area contributed by atoms with E-state index in [-0.39, 0.29) is 24.4 Å². The molecular weight excluding hydrogens is 238 g/mol. The molecule has 1 atom stereocenters. The summed E-state index contributed by atoms with van der Waals surface area (Å²) >= 11 is 0. The first-order chi connectivity index (χ1) is 8.54. The zero-order valence-electron chi connectivity index (χ0n) is 10.7. The normalized spacial score (nSPS) is 18.3. The van der Waals surface area contributed by atoms with Gasteiger partial charge in [-0.25, -0.2) is 4.79 Å². The minimum Gasteiger partial charge on any atom is -0.453 e. The summed E-state index contributed by atoms with van der Waals surface area (Å²) < 4.78 is 4.39. The molecule has 0 aromatic carbocycles. The van der Waals surface area contributed by atoms with E-state index >= 15 is 0 Å². The summed E-state index contributed by atoms with van der Waals surface area (Å²) in [6.07, 6.45) is 1.15. The van der Waals surface area contributed by atoms with E-state index in [1.165, 1.54) is 14.0 Å². The molecule has 0 aliphatic carbocycles. The Labute approximate surface area is 106 Å². The standard InChI is InChI=1S/C11H19N3O4/c1-8(15)12-6-9-4-3-5-14(9)10(16)7-13-11(17)18-2/h9H,3-7H2,1-2H3,(H,12,15)(H,13,17). The van der Waals surface area contributed by atoms with E-state index in [4.69, 9.17) is 0 Å². The van der Waals surface area contributed by atoms with E-state index in [1.54, 1.807) is 4.90 Å². The second kappa shape index (κ2) is 6.83. The van der Waals surface area contributed by atoms with Gasteiger partial charge in [0, 0.05) is 26.1 Å². The minimum atomic E-state index is -0.624. The SMILES string of the molecule is COC(=O)NCC(=O)N1CCCC1CNC(C)=O. The molecule has 18 heavy (non-hydrogen) atoms. The molecule has 0 saturated carbocycles. The molecule has 7 heteroatoms. The van der Waals surface area contributed by atoms with Crippen LogP contribution >= 0.6 is 0 Å². The largest absolute Gasteiger partial charge is 0.453 e. The van der Waals surface area contributed by atoms with E-state index < -0.39 is 6.09 Å². The van der Waals surface area contributed by atoms with Crippen LogP contribution in [0.25, 0.3) is 0 Å². The molecule has 2 N–H and O–H groups in total. The molecule has 1 fully saturated rings. The van der Waals surface area contributed by atoms with Crippen molar-refractivity contribution in [3.05, 3.63) is 0 Å². The molecule has 0 radical (unpaired) electrons. The topological polar surface area (TPSA) is 87.7 Å². The molecule has 0 spiro atoms. The third-order valence-corrected chi connectivity index (χ3v) is 2.85. The summed E-state index contributed by atoms with van der Waals surface area (Å²) in [5.41, 5.74) is 0. The average Bonchev–Trinajstić information content (AvgIpc) is 2.81. The lowest BCUT2D eigenvalue weighted by Gasteiger charge is -2.24.